The van der Waals surface area contributed by atoms with Gasteiger partial charge in [-0.1, -0.05) is 30.3 Å². The summed E-state index contributed by atoms with van der Waals surface area (Å²) in [5.74, 6) is -0.210. The van der Waals surface area contributed by atoms with Crippen LogP contribution in [0.25, 0.3) is 0 Å². The van der Waals surface area contributed by atoms with Crippen molar-refractivity contribution in [2.24, 2.45) is 5.73 Å². The summed E-state index contributed by atoms with van der Waals surface area (Å²) in [6, 6.07) is 9.09. The molecule has 3 N–H and O–H groups in total. The highest BCUT2D eigenvalue weighted by atomic mass is 16.7. The summed E-state index contributed by atoms with van der Waals surface area (Å²) in [6.07, 6.45) is 0.0648. The Morgan fingerprint density at radius 3 is 2.44 bits per heavy atom. The Hall–Kier alpha value is -1.43. The first-order valence-electron chi connectivity index (χ1n) is 5.80. The lowest BCUT2D eigenvalue weighted by molar-refractivity contribution is -0.128. The van der Waals surface area contributed by atoms with Crippen molar-refractivity contribution in [1.82, 2.24) is 5.32 Å². The van der Waals surface area contributed by atoms with Crippen LogP contribution in [0.2, 0.25) is 0 Å². The third-order valence-electron chi connectivity index (χ3n) is 2.60. The average Bonchev–Trinajstić information content (AvgIpc) is 2.40. The lowest BCUT2D eigenvalue weighted by atomic mass is 10.1. The second kappa shape index (κ2) is 7.81. The van der Waals surface area contributed by atoms with Gasteiger partial charge in [-0.25, -0.2) is 0 Å². The molecular weight excluding hydrogens is 232 g/mol. The summed E-state index contributed by atoms with van der Waals surface area (Å²) in [4.78, 5) is 11.7. The lowest BCUT2D eigenvalue weighted by Crippen LogP contribution is -2.45. The van der Waals surface area contributed by atoms with Gasteiger partial charge < -0.3 is 20.5 Å². The van der Waals surface area contributed by atoms with Crippen LogP contribution in [0.5, 0.6) is 0 Å². The maximum absolute atomic E-state index is 11.7. The van der Waals surface area contributed by atoms with E-state index in [1.54, 1.807) is 0 Å². The van der Waals surface area contributed by atoms with Crippen LogP contribution in [0, 0.1) is 0 Å². The fraction of sp³-hybridized carbons (Fsp3) is 0.462. The smallest absolute Gasteiger partial charge is 0.237 e. The zero-order valence-electron chi connectivity index (χ0n) is 10.8. The monoisotopic (exact) mass is 252 g/mol. The molecule has 0 fully saturated rings. The molecule has 1 aromatic carbocycles. The summed E-state index contributed by atoms with van der Waals surface area (Å²) in [6.45, 7) is 0.286. The highest BCUT2D eigenvalue weighted by molar-refractivity contribution is 5.81. The van der Waals surface area contributed by atoms with E-state index in [-0.39, 0.29) is 12.5 Å². The molecule has 1 unspecified atom stereocenters. The molecule has 5 nitrogen and oxygen atoms in total. The molecule has 0 aliphatic rings. The molecule has 0 bridgehead atoms. The van der Waals surface area contributed by atoms with Crippen LogP contribution in [0.3, 0.4) is 0 Å². The average molecular weight is 252 g/mol. The molecule has 18 heavy (non-hydrogen) atoms. The molecule has 0 spiro atoms. The lowest BCUT2D eigenvalue weighted by Gasteiger charge is -2.16. The van der Waals surface area contributed by atoms with Crippen LogP contribution in [-0.4, -0.2) is 39.0 Å². The van der Waals surface area contributed by atoms with E-state index in [0.717, 1.165) is 5.56 Å². The van der Waals surface area contributed by atoms with Crippen molar-refractivity contribution in [3.05, 3.63) is 35.9 Å². The molecule has 0 aromatic heterocycles. The predicted molar refractivity (Wildman–Crippen MR) is 68.9 cm³/mol. The van der Waals surface area contributed by atoms with Crippen LogP contribution >= 0.6 is 0 Å². The molecule has 100 valence electrons. The predicted octanol–water partition coefficient (Wildman–Crippen LogP) is 0.292. The van der Waals surface area contributed by atoms with Gasteiger partial charge >= 0.3 is 0 Å². The molecule has 0 saturated carbocycles. The Balaban J connectivity index is 2.37. The van der Waals surface area contributed by atoms with E-state index in [1.807, 2.05) is 30.3 Å². The summed E-state index contributed by atoms with van der Waals surface area (Å²) in [7, 11) is 3.04. The Bertz CT molecular complexity index is 353. The fourth-order valence-corrected chi connectivity index (χ4v) is 1.54. The number of benzene rings is 1. The van der Waals surface area contributed by atoms with Crippen molar-refractivity contribution in [2.75, 3.05) is 20.8 Å². The molecule has 0 saturated heterocycles. The summed E-state index contributed by atoms with van der Waals surface area (Å²) in [5, 5.41) is 2.69. The molecule has 1 amide bonds. The van der Waals surface area contributed by atoms with Gasteiger partial charge in [-0.05, 0) is 12.0 Å². The second-order valence-corrected chi connectivity index (χ2v) is 3.94. The van der Waals surface area contributed by atoms with E-state index in [9.17, 15) is 4.79 Å². The summed E-state index contributed by atoms with van der Waals surface area (Å²) < 4.78 is 9.94. The zero-order chi connectivity index (χ0) is 13.4. The topological polar surface area (TPSA) is 73.6 Å². The van der Waals surface area contributed by atoms with E-state index < -0.39 is 12.3 Å². The number of hydrogen-bond donors (Lipinski definition) is 2. The van der Waals surface area contributed by atoms with Gasteiger partial charge in [0.15, 0.2) is 6.29 Å². The number of nitrogens with one attached hydrogen (secondary N) is 1. The zero-order valence-corrected chi connectivity index (χ0v) is 10.8. The minimum Gasteiger partial charge on any atom is -0.354 e. The van der Waals surface area contributed by atoms with Crippen LogP contribution in [0.15, 0.2) is 30.3 Å². The van der Waals surface area contributed by atoms with Crippen molar-refractivity contribution in [3.63, 3.8) is 0 Å². The number of carbonyl (C=O) groups is 1. The normalized spacial score (nSPS) is 12.4. The summed E-state index contributed by atoms with van der Waals surface area (Å²) in [5.41, 5.74) is 6.86. The number of ether oxygens (including phenoxy) is 2. The highest BCUT2D eigenvalue weighted by Crippen LogP contribution is 2.01. The number of nitrogens with two attached hydrogens (primary N) is 1. The van der Waals surface area contributed by atoms with E-state index in [1.165, 1.54) is 14.2 Å². The number of methoxy groups -OCH3 is 2. The van der Waals surface area contributed by atoms with E-state index in [0.29, 0.717) is 6.42 Å². The first kappa shape index (κ1) is 14.6. The molecule has 1 aromatic rings. The van der Waals surface area contributed by atoms with Crippen molar-refractivity contribution in [1.29, 1.82) is 0 Å². The Morgan fingerprint density at radius 1 is 1.28 bits per heavy atom. The fourth-order valence-electron chi connectivity index (χ4n) is 1.54. The van der Waals surface area contributed by atoms with Crippen LogP contribution in [0.1, 0.15) is 5.56 Å². The quantitative estimate of drug-likeness (QED) is 0.684. The van der Waals surface area contributed by atoms with Gasteiger partial charge in [0, 0.05) is 14.2 Å². The van der Waals surface area contributed by atoms with Gasteiger partial charge in [-0.3, -0.25) is 4.79 Å². The first-order valence-corrected chi connectivity index (χ1v) is 5.80. The van der Waals surface area contributed by atoms with Crippen molar-refractivity contribution in [2.45, 2.75) is 18.8 Å². The van der Waals surface area contributed by atoms with E-state index >= 15 is 0 Å². The number of rotatable bonds is 7. The largest absolute Gasteiger partial charge is 0.354 e. The molecule has 0 aliphatic heterocycles. The highest BCUT2D eigenvalue weighted by Gasteiger charge is 2.15. The Morgan fingerprint density at radius 2 is 1.89 bits per heavy atom. The molecule has 1 rings (SSSR count). The standard InChI is InChI=1S/C13H20N2O3/c1-17-12(18-2)9-15-13(16)11(14)8-10-6-4-3-5-7-10/h3-7,11-12H,8-9,14H2,1-2H3,(H,15,16). The number of amides is 1. The van der Waals surface area contributed by atoms with Crippen LogP contribution < -0.4 is 11.1 Å². The molecule has 5 heteroatoms. The van der Waals surface area contributed by atoms with Crippen molar-refractivity contribution < 1.29 is 14.3 Å². The minimum atomic E-state index is -0.568. The third-order valence-corrected chi connectivity index (χ3v) is 2.60. The number of carbonyl (C=O) groups excluding carboxylic acids is 1. The molecule has 0 heterocycles. The van der Waals surface area contributed by atoms with Crippen molar-refractivity contribution >= 4 is 5.91 Å². The molecule has 1 atom stereocenters. The molecular formula is C13H20N2O3. The van der Waals surface area contributed by atoms with Gasteiger partial charge in [-0.2, -0.15) is 0 Å². The SMILES string of the molecule is COC(CNC(=O)C(N)Cc1ccccc1)OC. The van der Waals surface area contributed by atoms with E-state index in [4.69, 9.17) is 15.2 Å². The maximum atomic E-state index is 11.7. The minimum absolute atomic E-state index is 0.210. The number of hydrogen-bond acceptors (Lipinski definition) is 4. The molecule has 0 radical (unpaired) electrons. The maximum Gasteiger partial charge on any atom is 0.237 e. The van der Waals surface area contributed by atoms with Crippen LogP contribution in [-0.2, 0) is 20.7 Å². The van der Waals surface area contributed by atoms with Gasteiger partial charge in [0.05, 0.1) is 12.6 Å². The first-order chi connectivity index (χ1) is 8.67. The van der Waals surface area contributed by atoms with Gasteiger partial charge in [0.2, 0.25) is 5.91 Å². The summed E-state index contributed by atoms with van der Waals surface area (Å²) >= 11 is 0. The van der Waals surface area contributed by atoms with E-state index in [2.05, 4.69) is 5.32 Å². The van der Waals surface area contributed by atoms with Gasteiger partial charge in [-0.15, -0.1) is 0 Å². The van der Waals surface area contributed by atoms with Crippen molar-refractivity contribution in [3.8, 4) is 0 Å². The van der Waals surface area contributed by atoms with Gasteiger partial charge in [0.25, 0.3) is 0 Å². The second-order valence-electron chi connectivity index (χ2n) is 3.94. The van der Waals surface area contributed by atoms with Crippen LogP contribution in [0.4, 0.5) is 0 Å². The van der Waals surface area contributed by atoms with Gasteiger partial charge in [0.1, 0.15) is 0 Å². The third kappa shape index (κ3) is 4.83. The molecule has 0 aliphatic carbocycles. The Labute approximate surface area is 107 Å². The Kier molecular flexibility index (Phi) is 6.35.